The first-order chi connectivity index (χ1) is 11.5. The molecule has 0 spiro atoms. The molecule has 124 valence electrons. The molecule has 1 aliphatic rings. The van der Waals surface area contributed by atoms with E-state index in [1.165, 1.54) is 12.1 Å². The minimum absolute atomic E-state index is 0.358. The summed E-state index contributed by atoms with van der Waals surface area (Å²) in [6.45, 7) is 0.358. The fourth-order valence-electron chi connectivity index (χ4n) is 2.59. The molecule has 0 amide bonds. The van der Waals surface area contributed by atoms with Gasteiger partial charge in [-0.3, -0.25) is 4.40 Å². The molecule has 0 saturated heterocycles. The van der Waals surface area contributed by atoms with Gasteiger partial charge in [-0.25, -0.2) is 4.98 Å². The third kappa shape index (κ3) is 2.79. The highest BCUT2D eigenvalue weighted by Crippen LogP contribution is 2.39. The van der Waals surface area contributed by atoms with Gasteiger partial charge in [-0.05, 0) is 30.5 Å². The molecule has 2 aromatic heterocycles. The Balaban J connectivity index is 1.52. The van der Waals surface area contributed by atoms with Gasteiger partial charge in [0.05, 0.1) is 5.56 Å². The summed E-state index contributed by atoms with van der Waals surface area (Å²) < 4.78 is 39.6. The van der Waals surface area contributed by atoms with Crippen molar-refractivity contribution < 1.29 is 13.2 Å². The number of benzene rings is 1. The van der Waals surface area contributed by atoms with E-state index in [1.54, 1.807) is 6.20 Å². The first kappa shape index (κ1) is 14.9. The van der Waals surface area contributed by atoms with Gasteiger partial charge in [0.2, 0.25) is 5.65 Å². The van der Waals surface area contributed by atoms with Crippen LogP contribution in [0.1, 0.15) is 35.7 Å². The van der Waals surface area contributed by atoms with Gasteiger partial charge in [0.15, 0.2) is 5.82 Å². The van der Waals surface area contributed by atoms with Gasteiger partial charge in [0, 0.05) is 24.9 Å². The zero-order chi connectivity index (χ0) is 16.7. The van der Waals surface area contributed by atoms with Gasteiger partial charge < -0.3 is 5.32 Å². The molecule has 0 atom stereocenters. The minimum atomic E-state index is -4.32. The lowest BCUT2D eigenvalue weighted by Crippen LogP contribution is -2.07. The molecule has 0 radical (unpaired) electrons. The number of nitrogens with one attached hydrogen (secondary N) is 1. The molecule has 1 saturated carbocycles. The number of hydrogen-bond donors (Lipinski definition) is 1. The summed E-state index contributed by atoms with van der Waals surface area (Å²) in [7, 11) is 0. The summed E-state index contributed by atoms with van der Waals surface area (Å²) >= 11 is 0. The molecule has 24 heavy (non-hydrogen) atoms. The molecule has 2 heterocycles. The number of alkyl halides is 3. The minimum Gasteiger partial charge on any atom is -0.363 e. The number of aromatic nitrogens is 4. The fourth-order valence-corrected chi connectivity index (χ4v) is 2.59. The SMILES string of the molecule is FC(F)(F)c1ccc(CNc2nccn3c(C4CC4)nnc23)cc1. The summed E-state index contributed by atoms with van der Waals surface area (Å²) in [6.07, 6.45) is 1.41. The predicted octanol–water partition coefficient (Wildman–Crippen LogP) is 3.63. The average molecular weight is 333 g/mol. The number of nitrogens with zero attached hydrogens (tertiary/aromatic N) is 4. The van der Waals surface area contributed by atoms with Crippen molar-refractivity contribution in [2.45, 2.75) is 31.5 Å². The summed E-state index contributed by atoms with van der Waals surface area (Å²) in [5, 5.41) is 11.5. The fraction of sp³-hybridized carbons (Fsp3) is 0.312. The van der Waals surface area contributed by atoms with Crippen molar-refractivity contribution in [3.8, 4) is 0 Å². The van der Waals surface area contributed by atoms with Crippen LogP contribution in [0, 0.1) is 0 Å². The van der Waals surface area contributed by atoms with Crippen LogP contribution in [0.4, 0.5) is 19.0 Å². The smallest absolute Gasteiger partial charge is 0.363 e. The topological polar surface area (TPSA) is 55.1 Å². The second-order valence-corrected chi connectivity index (χ2v) is 5.85. The first-order valence-corrected chi connectivity index (χ1v) is 7.62. The average Bonchev–Trinajstić information content (AvgIpc) is 3.31. The van der Waals surface area contributed by atoms with Crippen molar-refractivity contribution in [2.24, 2.45) is 0 Å². The Hall–Kier alpha value is -2.64. The van der Waals surface area contributed by atoms with E-state index in [9.17, 15) is 13.2 Å². The summed E-state index contributed by atoms with van der Waals surface area (Å²) in [5.41, 5.74) is 0.707. The maximum Gasteiger partial charge on any atom is 0.416 e. The quantitative estimate of drug-likeness (QED) is 0.792. The van der Waals surface area contributed by atoms with Crippen molar-refractivity contribution in [2.75, 3.05) is 5.32 Å². The monoisotopic (exact) mass is 333 g/mol. The van der Waals surface area contributed by atoms with E-state index in [0.29, 0.717) is 23.9 Å². The first-order valence-electron chi connectivity index (χ1n) is 7.62. The van der Waals surface area contributed by atoms with Crippen LogP contribution in [0.25, 0.3) is 5.65 Å². The Morgan fingerprint density at radius 2 is 1.88 bits per heavy atom. The number of hydrogen-bond acceptors (Lipinski definition) is 4. The molecule has 1 fully saturated rings. The maximum absolute atomic E-state index is 12.6. The van der Waals surface area contributed by atoms with E-state index in [2.05, 4.69) is 20.5 Å². The van der Waals surface area contributed by atoms with Crippen LogP contribution < -0.4 is 5.32 Å². The molecule has 1 aliphatic carbocycles. The lowest BCUT2D eigenvalue weighted by atomic mass is 10.1. The summed E-state index contributed by atoms with van der Waals surface area (Å²) in [6, 6.07) is 5.06. The Kier molecular flexibility index (Phi) is 3.40. The second-order valence-electron chi connectivity index (χ2n) is 5.85. The molecule has 5 nitrogen and oxygen atoms in total. The van der Waals surface area contributed by atoms with Crippen molar-refractivity contribution in [3.63, 3.8) is 0 Å². The van der Waals surface area contributed by atoms with Crippen molar-refractivity contribution in [3.05, 3.63) is 53.6 Å². The Morgan fingerprint density at radius 3 is 2.54 bits per heavy atom. The molecule has 3 aromatic rings. The van der Waals surface area contributed by atoms with Crippen LogP contribution in [0.2, 0.25) is 0 Å². The van der Waals surface area contributed by atoms with Gasteiger partial charge in [0.1, 0.15) is 5.82 Å². The molecule has 0 aliphatic heterocycles. The van der Waals surface area contributed by atoms with Crippen molar-refractivity contribution >= 4 is 11.5 Å². The molecular formula is C16H14F3N5. The molecule has 8 heteroatoms. The Labute approximate surface area is 135 Å². The van der Waals surface area contributed by atoms with Crippen LogP contribution in [-0.4, -0.2) is 19.6 Å². The van der Waals surface area contributed by atoms with Crippen LogP contribution in [0.15, 0.2) is 36.7 Å². The molecule has 4 rings (SSSR count). The van der Waals surface area contributed by atoms with Gasteiger partial charge in [-0.2, -0.15) is 13.2 Å². The third-order valence-electron chi connectivity index (χ3n) is 4.04. The number of fused-ring (bicyclic) bond motifs is 1. The van der Waals surface area contributed by atoms with Crippen molar-refractivity contribution in [1.29, 1.82) is 0 Å². The number of anilines is 1. The van der Waals surface area contributed by atoms with E-state index in [4.69, 9.17) is 0 Å². The van der Waals surface area contributed by atoms with E-state index in [0.717, 1.165) is 36.4 Å². The van der Waals surface area contributed by atoms with Crippen LogP contribution in [0.5, 0.6) is 0 Å². The van der Waals surface area contributed by atoms with Crippen LogP contribution in [0.3, 0.4) is 0 Å². The Morgan fingerprint density at radius 1 is 1.12 bits per heavy atom. The standard InChI is InChI=1S/C16H14F3N5/c17-16(18,19)12-5-1-10(2-6-12)9-21-13-15-23-22-14(11-3-4-11)24(15)8-7-20-13/h1-2,5-8,11H,3-4,9H2,(H,20,21). The lowest BCUT2D eigenvalue weighted by molar-refractivity contribution is -0.137. The highest BCUT2D eigenvalue weighted by atomic mass is 19.4. The van der Waals surface area contributed by atoms with Gasteiger partial charge >= 0.3 is 6.18 Å². The summed E-state index contributed by atoms with van der Waals surface area (Å²) in [4.78, 5) is 4.26. The van der Waals surface area contributed by atoms with E-state index >= 15 is 0 Å². The predicted molar refractivity (Wildman–Crippen MR) is 81.5 cm³/mol. The van der Waals surface area contributed by atoms with Gasteiger partial charge in [-0.15, -0.1) is 10.2 Å². The largest absolute Gasteiger partial charge is 0.416 e. The zero-order valence-electron chi connectivity index (χ0n) is 12.6. The third-order valence-corrected chi connectivity index (χ3v) is 4.04. The highest BCUT2D eigenvalue weighted by Gasteiger charge is 2.30. The lowest BCUT2D eigenvalue weighted by Gasteiger charge is -2.09. The maximum atomic E-state index is 12.6. The second kappa shape index (κ2) is 5.47. The zero-order valence-corrected chi connectivity index (χ0v) is 12.6. The Bertz CT molecular complexity index is 866. The van der Waals surface area contributed by atoms with E-state index in [1.807, 2.05) is 10.6 Å². The number of halogens is 3. The van der Waals surface area contributed by atoms with E-state index in [-0.39, 0.29) is 0 Å². The van der Waals surface area contributed by atoms with Crippen LogP contribution in [-0.2, 0) is 12.7 Å². The highest BCUT2D eigenvalue weighted by molar-refractivity contribution is 5.62. The van der Waals surface area contributed by atoms with Gasteiger partial charge in [0.25, 0.3) is 0 Å². The van der Waals surface area contributed by atoms with Crippen LogP contribution >= 0.6 is 0 Å². The number of rotatable bonds is 4. The summed E-state index contributed by atoms with van der Waals surface area (Å²) in [5.74, 6) is 1.96. The van der Waals surface area contributed by atoms with Gasteiger partial charge in [-0.1, -0.05) is 12.1 Å². The normalized spacial score (nSPS) is 15.0. The van der Waals surface area contributed by atoms with E-state index < -0.39 is 11.7 Å². The molecule has 1 aromatic carbocycles. The molecular weight excluding hydrogens is 319 g/mol. The molecule has 0 bridgehead atoms. The molecule has 1 N–H and O–H groups in total. The van der Waals surface area contributed by atoms with Crippen molar-refractivity contribution in [1.82, 2.24) is 19.6 Å². The molecule has 0 unspecified atom stereocenters.